The Hall–Kier alpha value is -2.61. The van der Waals surface area contributed by atoms with Gasteiger partial charge in [-0.2, -0.15) is 0 Å². The molecule has 1 aliphatic heterocycles. The van der Waals surface area contributed by atoms with Crippen LogP contribution in [0, 0.1) is 11.5 Å². The normalized spacial score (nSPS) is 14.1. The zero-order chi connectivity index (χ0) is 11.5. The second kappa shape index (κ2) is 3.87. The minimum absolute atomic E-state index is 0.313. The summed E-state index contributed by atoms with van der Waals surface area (Å²) in [5.74, 6) is -0.451. The summed E-state index contributed by atoms with van der Waals surface area (Å²) in [5.41, 5.74) is 0.919. The van der Waals surface area contributed by atoms with Crippen LogP contribution in [0.2, 0.25) is 0 Å². The van der Waals surface area contributed by atoms with Crippen LogP contribution in [0.15, 0.2) is 30.3 Å². The van der Waals surface area contributed by atoms with Crippen LogP contribution in [0.3, 0.4) is 0 Å². The molecule has 16 heavy (non-hydrogen) atoms. The van der Waals surface area contributed by atoms with Crippen molar-refractivity contribution in [1.29, 1.82) is 5.26 Å². The molecule has 0 aliphatic carbocycles. The van der Waals surface area contributed by atoms with Crippen molar-refractivity contribution in [2.24, 2.45) is 0 Å². The Kier molecular flexibility index (Phi) is 2.40. The minimum atomic E-state index is -0.419. The zero-order valence-electron chi connectivity index (χ0n) is 8.06. The number of imide groups is 1. The first-order chi connectivity index (χ1) is 7.70. The maximum atomic E-state index is 11.3. The molecule has 1 aromatic carbocycles. The summed E-state index contributed by atoms with van der Waals surface area (Å²) in [5, 5.41) is 10.4. The van der Waals surface area contributed by atoms with E-state index in [2.05, 4.69) is 10.1 Å². The Balaban J connectivity index is 2.29. The van der Waals surface area contributed by atoms with Crippen molar-refractivity contribution in [2.45, 2.75) is 0 Å². The first-order valence-corrected chi connectivity index (χ1v) is 4.44. The maximum absolute atomic E-state index is 11.3. The first kappa shape index (κ1) is 9.93. The van der Waals surface area contributed by atoms with E-state index in [9.17, 15) is 9.59 Å². The fourth-order valence-electron chi connectivity index (χ4n) is 1.38. The number of rotatable bonds is 2. The molecular formula is C11H6N2O3. The van der Waals surface area contributed by atoms with Crippen LogP contribution in [0.5, 0.6) is 5.75 Å². The van der Waals surface area contributed by atoms with Crippen molar-refractivity contribution >= 4 is 17.4 Å². The highest BCUT2D eigenvalue weighted by Gasteiger charge is 2.21. The van der Waals surface area contributed by atoms with Crippen LogP contribution in [-0.4, -0.2) is 11.8 Å². The van der Waals surface area contributed by atoms with E-state index >= 15 is 0 Å². The maximum Gasteiger partial charge on any atom is 0.292 e. The third-order valence-corrected chi connectivity index (χ3v) is 2.09. The third kappa shape index (κ3) is 1.77. The lowest BCUT2D eigenvalue weighted by molar-refractivity contribution is -0.123. The molecule has 0 unspecified atom stereocenters. The molecule has 1 N–H and O–H groups in total. The molecule has 1 heterocycles. The number of carbonyl (C=O) groups is 2. The van der Waals surface area contributed by atoms with Gasteiger partial charge in [0.15, 0.2) is 0 Å². The third-order valence-electron chi connectivity index (χ3n) is 2.09. The fourth-order valence-corrected chi connectivity index (χ4v) is 1.38. The Bertz CT molecular complexity index is 523. The summed E-state index contributed by atoms with van der Waals surface area (Å²) in [4.78, 5) is 22.2. The lowest BCUT2D eigenvalue weighted by Crippen LogP contribution is -2.21. The predicted molar refractivity (Wildman–Crippen MR) is 53.8 cm³/mol. The number of hydrogen-bond donors (Lipinski definition) is 1. The quantitative estimate of drug-likeness (QED) is 0.577. The van der Waals surface area contributed by atoms with Gasteiger partial charge in [0, 0.05) is 6.08 Å². The van der Waals surface area contributed by atoms with Gasteiger partial charge in [0.05, 0.1) is 5.57 Å². The number of hydrogen-bond acceptors (Lipinski definition) is 4. The van der Waals surface area contributed by atoms with Gasteiger partial charge in [0.25, 0.3) is 18.1 Å². The Morgan fingerprint density at radius 2 is 1.88 bits per heavy atom. The predicted octanol–water partition coefficient (Wildman–Crippen LogP) is 0.586. The largest absolute Gasteiger partial charge is 0.388 e. The molecule has 5 nitrogen and oxygen atoms in total. The van der Waals surface area contributed by atoms with Gasteiger partial charge < -0.3 is 4.74 Å². The molecule has 1 aromatic rings. The smallest absolute Gasteiger partial charge is 0.292 e. The van der Waals surface area contributed by atoms with Crippen LogP contribution in [-0.2, 0) is 9.59 Å². The van der Waals surface area contributed by atoms with Gasteiger partial charge in [0.2, 0.25) is 0 Å². The van der Waals surface area contributed by atoms with Crippen LogP contribution < -0.4 is 10.1 Å². The van der Waals surface area contributed by atoms with E-state index < -0.39 is 11.8 Å². The van der Waals surface area contributed by atoms with Crippen LogP contribution in [0.4, 0.5) is 0 Å². The highest BCUT2D eigenvalue weighted by molar-refractivity contribution is 6.33. The van der Waals surface area contributed by atoms with Crippen molar-refractivity contribution in [2.75, 3.05) is 0 Å². The van der Waals surface area contributed by atoms with Crippen LogP contribution in [0.1, 0.15) is 5.56 Å². The van der Waals surface area contributed by atoms with E-state index in [4.69, 9.17) is 5.26 Å². The molecule has 0 fully saturated rings. The number of nitriles is 1. The standard InChI is InChI=1S/C11H6N2O3/c12-6-16-8-3-1-7(2-4-8)9-5-10(14)13-11(9)15/h1-5H,(H,13,14,15). The van der Waals surface area contributed by atoms with Crippen molar-refractivity contribution in [1.82, 2.24) is 5.32 Å². The van der Waals surface area contributed by atoms with E-state index in [1.165, 1.54) is 6.08 Å². The second-order valence-corrected chi connectivity index (χ2v) is 3.09. The average molecular weight is 214 g/mol. The molecule has 0 bridgehead atoms. The minimum Gasteiger partial charge on any atom is -0.388 e. The first-order valence-electron chi connectivity index (χ1n) is 4.44. The lowest BCUT2D eigenvalue weighted by Gasteiger charge is -2.00. The molecule has 2 amide bonds. The number of amides is 2. The number of nitrogens with one attached hydrogen (secondary N) is 1. The van der Waals surface area contributed by atoms with Crippen molar-refractivity contribution in [3.8, 4) is 12.0 Å². The summed E-state index contributed by atoms with van der Waals surface area (Å²) in [6.07, 6.45) is 2.78. The molecule has 0 spiro atoms. The van der Waals surface area contributed by atoms with Gasteiger partial charge in [-0.25, -0.2) is 0 Å². The van der Waals surface area contributed by atoms with E-state index in [1.807, 2.05) is 0 Å². The molecule has 2 rings (SSSR count). The molecule has 78 valence electrons. The highest BCUT2D eigenvalue weighted by atomic mass is 16.5. The van der Waals surface area contributed by atoms with Gasteiger partial charge in [-0.05, 0) is 17.7 Å². The zero-order valence-corrected chi connectivity index (χ0v) is 8.06. The molecule has 0 aromatic heterocycles. The van der Waals surface area contributed by atoms with E-state index in [0.717, 1.165) is 0 Å². The summed E-state index contributed by atoms with van der Waals surface area (Å²) in [6.45, 7) is 0. The molecule has 5 heteroatoms. The molecule has 0 radical (unpaired) electrons. The van der Waals surface area contributed by atoms with E-state index in [1.54, 1.807) is 30.5 Å². The molecule has 0 saturated heterocycles. The van der Waals surface area contributed by atoms with Crippen molar-refractivity contribution in [3.05, 3.63) is 35.9 Å². The Morgan fingerprint density at radius 3 is 2.38 bits per heavy atom. The van der Waals surface area contributed by atoms with Gasteiger partial charge in [0.1, 0.15) is 5.75 Å². The summed E-state index contributed by atoms with van der Waals surface area (Å²) in [7, 11) is 0. The van der Waals surface area contributed by atoms with Crippen LogP contribution >= 0.6 is 0 Å². The summed E-state index contributed by atoms with van der Waals surface area (Å²) in [6, 6.07) is 6.32. The molecular weight excluding hydrogens is 208 g/mol. The number of carbonyl (C=O) groups excluding carboxylic acids is 2. The SMILES string of the molecule is N#COc1ccc(C2=CC(=O)NC2=O)cc1. The van der Waals surface area contributed by atoms with Gasteiger partial charge in [-0.3, -0.25) is 14.9 Å². The number of nitrogens with zero attached hydrogens (tertiary/aromatic N) is 1. The van der Waals surface area contributed by atoms with Crippen molar-refractivity contribution < 1.29 is 14.3 Å². The fraction of sp³-hybridized carbons (Fsp3) is 0. The second-order valence-electron chi connectivity index (χ2n) is 3.09. The molecule has 0 saturated carbocycles. The molecule has 1 aliphatic rings. The number of ether oxygens (including phenoxy) is 1. The van der Waals surface area contributed by atoms with Gasteiger partial charge in [-0.1, -0.05) is 12.1 Å². The average Bonchev–Trinajstić information content (AvgIpc) is 2.59. The Labute approximate surface area is 90.9 Å². The van der Waals surface area contributed by atoms with Crippen molar-refractivity contribution in [3.63, 3.8) is 0 Å². The van der Waals surface area contributed by atoms with E-state index in [-0.39, 0.29) is 0 Å². The monoisotopic (exact) mass is 214 g/mol. The lowest BCUT2D eigenvalue weighted by atomic mass is 10.1. The number of benzene rings is 1. The topological polar surface area (TPSA) is 79.2 Å². The van der Waals surface area contributed by atoms with Gasteiger partial charge >= 0.3 is 0 Å². The van der Waals surface area contributed by atoms with Gasteiger partial charge in [-0.15, -0.1) is 5.26 Å². The Morgan fingerprint density at radius 1 is 1.19 bits per heavy atom. The molecule has 0 atom stereocenters. The van der Waals surface area contributed by atoms with E-state index in [0.29, 0.717) is 16.9 Å². The highest BCUT2D eigenvalue weighted by Crippen LogP contribution is 2.20. The van der Waals surface area contributed by atoms with Crippen LogP contribution in [0.25, 0.3) is 5.57 Å². The summed E-state index contributed by atoms with van der Waals surface area (Å²) >= 11 is 0. The summed E-state index contributed by atoms with van der Waals surface area (Å²) < 4.78 is 4.59.